The number of carbonyl (C=O) groups is 3. The summed E-state index contributed by atoms with van der Waals surface area (Å²) in [6, 6.07) is 13.7. The molecular formula is C35H41N5O7S2. The van der Waals surface area contributed by atoms with Gasteiger partial charge in [-0.25, -0.2) is 0 Å². The van der Waals surface area contributed by atoms with Gasteiger partial charge >= 0.3 is 0 Å². The van der Waals surface area contributed by atoms with Crippen LogP contribution in [0.15, 0.2) is 48.5 Å². The van der Waals surface area contributed by atoms with E-state index in [1.165, 1.54) is 24.1 Å². The Morgan fingerprint density at radius 1 is 0.939 bits per heavy atom. The van der Waals surface area contributed by atoms with Gasteiger partial charge in [-0.05, 0) is 41.9 Å². The molecule has 2 saturated heterocycles. The van der Waals surface area contributed by atoms with Gasteiger partial charge in [-0.15, -0.1) is 23.5 Å². The average molecular weight is 708 g/mol. The van der Waals surface area contributed by atoms with Crippen LogP contribution in [0.3, 0.4) is 0 Å². The number of nitro groups is 1. The van der Waals surface area contributed by atoms with Crippen molar-refractivity contribution in [2.24, 2.45) is 0 Å². The summed E-state index contributed by atoms with van der Waals surface area (Å²) in [6.45, 7) is 7.43. The monoisotopic (exact) mass is 707 g/mol. The van der Waals surface area contributed by atoms with E-state index < -0.39 is 4.92 Å². The highest BCUT2D eigenvalue weighted by molar-refractivity contribution is 8.17. The van der Waals surface area contributed by atoms with Crippen LogP contribution in [0.25, 0.3) is 10.8 Å². The Hall–Kier alpha value is -3.85. The van der Waals surface area contributed by atoms with Gasteiger partial charge in [0.1, 0.15) is 12.3 Å². The van der Waals surface area contributed by atoms with Gasteiger partial charge in [-0.1, -0.05) is 38.1 Å². The molecule has 0 N–H and O–H groups in total. The first-order valence-corrected chi connectivity index (χ1v) is 18.7. The van der Waals surface area contributed by atoms with Gasteiger partial charge in [0, 0.05) is 55.3 Å². The number of ether oxygens (including phenoxy) is 2. The molecule has 1 atom stereocenters. The van der Waals surface area contributed by atoms with Crippen LogP contribution in [0.1, 0.15) is 57.8 Å². The molecule has 3 aromatic carbocycles. The molecule has 0 saturated carbocycles. The summed E-state index contributed by atoms with van der Waals surface area (Å²) >= 11 is 3.62. The number of imide groups is 1. The second-order valence-corrected chi connectivity index (χ2v) is 15.3. The Morgan fingerprint density at radius 3 is 2.16 bits per heavy atom. The van der Waals surface area contributed by atoms with Gasteiger partial charge in [0.15, 0.2) is 11.5 Å². The first-order valence-electron chi connectivity index (χ1n) is 16.6. The van der Waals surface area contributed by atoms with Crippen LogP contribution in [0.2, 0.25) is 0 Å². The molecule has 2 fully saturated rings. The molecule has 3 aliphatic heterocycles. The molecule has 6 rings (SSSR count). The van der Waals surface area contributed by atoms with Gasteiger partial charge in [0.05, 0.1) is 35.4 Å². The number of carbonyl (C=O) groups excluding carboxylic acids is 3. The van der Waals surface area contributed by atoms with E-state index in [9.17, 15) is 24.5 Å². The fourth-order valence-corrected chi connectivity index (χ4v) is 9.72. The molecule has 3 aromatic rings. The summed E-state index contributed by atoms with van der Waals surface area (Å²) in [7, 11) is 1.45. The van der Waals surface area contributed by atoms with Crippen LogP contribution >= 0.6 is 23.5 Å². The minimum Gasteiger partial charge on any atom is -0.493 e. The van der Waals surface area contributed by atoms with E-state index in [1.807, 2.05) is 52.7 Å². The molecule has 0 aliphatic carbocycles. The predicted octanol–water partition coefficient (Wildman–Crippen LogP) is 5.40. The topological polar surface area (TPSA) is 126 Å². The summed E-state index contributed by atoms with van der Waals surface area (Å²) in [5.41, 5.74) is 0.751. The fourth-order valence-electron chi connectivity index (χ4n) is 6.85. The second-order valence-electron chi connectivity index (χ2n) is 12.2. The van der Waals surface area contributed by atoms with Gasteiger partial charge in [-0.2, -0.15) is 0 Å². The van der Waals surface area contributed by atoms with E-state index in [4.69, 9.17) is 9.47 Å². The Balaban J connectivity index is 1.09. The lowest BCUT2D eigenvalue weighted by Gasteiger charge is -2.37. The number of amides is 3. The molecule has 3 aliphatic rings. The number of benzene rings is 3. The molecule has 260 valence electrons. The van der Waals surface area contributed by atoms with Gasteiger partial charge in [0.25, 0.3) is 23.4 Å². The highest BCUT2D eigenvalue weighted by atomic mass is 32.2. The number of piperazine rings is 1. The van der Waals surface area contributed by atoms with Crippen LogP contribution in [0.4, 0.5) is 5.69 Å². The molecule has 3 heterocycles. The van der Waals surface area contributed by atoms with Crippen molar-refractivity contribution in [2.45, 2.75) is 37.3 Å². The summed E-state index contributed by atoms with van der Waals surface area (Å²) in [5, 5.41) is 13.8. The molecule has 0 unspecified atom stereocenters. The number of methoxy groups -OCH3 is 1. The van der Waals surface area contributed by atoms with Gasteiger partial charge in [0.2, 0.25) is 0 Å². The van der Waals surface area contributed by atoms with E-state index in [0.29, 0.717) is 49.2 Å². The van der Waals surface area contributed by atoms with Gasteiger partial charge in [-0.3, -0.25) is 39.2 Å². The van der Waals surface area contributed by atoms with E-state index in [-0.39, 0.29) is 64.5 Å². The molecule has 49 heavy (non-hydrogen) atoms. The Kier molecular flexibility index (Phi) is 11.0. The molecule has 0 bridgehead atoms. The van der Waals surface area contributed by atoms with Crippen LogP contribution < -0.4 is 9.47 Å². The van der Waals surface area contributed by atoms with Crippen molar-refractivity contribution in [1.29, 1.82) is 0 Å². The molecule has 0 aromatic heterocycles. The van der Waals surface area contributed by atoms with E-state index >= 15 is 0 Å². The minimum absolute atomic E-state index is 0.00100. The zero-order valence-electron chi connectivity index (χ0n) is 28.0. The normalized spacial score (nSPS) is 18.5. The second kappa shape index (κ2) is 15.4. The standard InChI is InChI=1S/C35H41N5O7S2/c1-4-48-35(49-5-2)27-13-8-14-38(27)34(43)26-19-29(46-3)30(20-28(26)40(44)45)47-22-37-17-15-36(16-18-37)21-39-32(41)24-11-6-9-23-10-7-12-25(31(23)24)33(39)42/h6-7,9-12,19-20,27,35H,4-5,8,13-18,21-22H2,1-3H3/t27-/m0/s1. The zero-order valence-corrected chi connectivity index (χ0v) is 29.6. The lowest BCUT2D eigenvalue weighted by molar-refractivity contribution is -0.385. The fraction of sp³-hybridized carbons (Fsp3) is 0.457. The Bertz CT molecular complexity index is 1690. The van der Waals surface area contributed by atoms with Gasteiger partial charge < -0.3 is 14.4 Å². The molecule has 0 radical (unpaired) electrons. The van der Waals surface area contributed by atoms with Crippen molar-refractivity contribution in [3.05, 3.63) is 75.3 Å². The lowest BCUT2D eigenvalue weighted by Crippen LogP contribution is -2.53. The average Bonchev–Trinajstić information content (AvgIpc) is 3.61. The third kappa shape index (κ3) is 7.09. The lowest BCUT2D eigenvalue weighted by atomic mass is 9.94. The van der Waals surface area contributed by atoms with Crippen molar-refractivity contribution in [3.8, 4) is 11.5 Å². The number of nitro benzene ring substituents is 1. The number of nitrogens with zero attached hydrogens (tertiary/aromatic N) is 5. The number of thioether (sulfide) groups is 2. The van der Waals surface area contributed by atoms with Crippen molar-refractivity contribution < 1.29 is 28.8 Å². The number of likely N-dealkylation sites (tertiary alicyclic amines) is 1. The van der Waals surface area contributed by atoms with Crippen molar-refractivity contribution in [2.75, 3.05) is 64.7 Å². The maximum Gasteiger partial charge on any atom is 0.286 e. The Labute approximate surface area is 294 Å². The third-order valence-corrected chi connectivity index (χ3v) is 12.1. The first-order chi connectivity index (χ1) is 23.7. The molecule has 12 nitrogen and oxygen atoms in total. The van der Waals surface area contributed by atoms with E-state index in [0.717, 1.165) is 29.7 Å². The van der Waals surface area contributed by atoms with Crippen molar-refractivity contribution in [1.82, 2.24) is 19.6 Å². The van der Waals surface area contributed by atoms with Crippen LogP contribution in [-0.4, -0.2) is 118 Å². The van der Waals surface area contributed by atoms with E-state index in [2.05, 4.69) is 18.7 Å². The smallest absolute Gasteiger partial charge is 0.286 e. The van der Waals surface area contributed by atoms with Crippen LogP contribution in [0.5, 0.6) is 11.5 Å². The zero-order chi connectivity index (χ0) is 34.7. The summed E-state index contributed by atoms with van der Waals surface area (Å²) in [4.78, 5) is 59.5. The quantitative estimate of drug-likeness (QED) is 0.0981. The maximum atomic E-state index is 13.9. The number of rotatable bonds is 13. The van der Waals surface area contributed by atoms with Crippen LogP contribution in [-0.2, 0) is 0 Å². The maximum absolute atomic E-state index is 13.9. The number of hydrogen-bond acceptors (Lipinski definition) is 11. The molecular weight excluding hydrogens is 667 g/mol. The summed E-state index contributed by atoms with van der Waals surface area (Å²) in [5.74, 6) is 1.34. The Morgan fingerprint density at radius 2 is 1.57 bits per heavy atom. The highest BCUT2D eigenvalue weighted by Crippen LogP contribution is 2.39. The van der Waals surface area contributed by atoms with Crippen molar-refractivity contribution >= 4 is 57.7 Å². The minimum atomic E-state index is -0.537. The third-order valence-electron chi connectivity index (χ3n) is 9.31. The summed E-state index contributed by atoms with van der Waals surface area (Å²) < 4.78 is 11.8. The highest BCUT2D eigenvalue weighted by Gasteiger charge is 2.39. The summed E-state index contributed by atoms with van der Waals surface area (Å²) in [6.07, 6.45) is 1.72. The van der Waals surface area contributed by atoms with Crippen LogP contribution in [0, 0.1) is 10.1 Å². The molecule has 14 heteroatoms. The van der Waals surface area contributed by atoms with Crippen molar-refractivity contribution in [3.63, 3.8) is 0 Å². The molecule has 0 spiro atoms. The largest absolute Gasteiger partial charge is 0.493 e. The number of hydrogen-bond donors (Lipinski definition) is 0. The SMILES string of the molecule is CCSC(SCC)[C@@H]1CCCN1C(=O)c1cc(OC)c(OCN2CCN(CN3C(=O)c4cccc5cccc(c45)C3=O)CC2)cc1[N+](=O)[O-]. The molecule has 3 amide bonds. The van der Waals surface area contributed by atoms with E-state index in [1.54, 1.807) is 17.0 Å². The first kappa shape index (κ1) is 35.0. The predicted molar refractivity (Wildman–Crippen MR) is 192 cm³/mol.